The highest BCUT2D eigenvalue weighted by atomic mass is 19.2. The molecule has 25 heavy (non-hydrogen) atoms. The normalized spacial score (nSPS) is 12.2. The number of unbranched alkanes of at least 4 members (excludes halogenated alkanes) is 9. The van der Waals surface area contributed by atoms with Crippen LogP contribution >= 0.6 is 0 Å². The summed E-state index contributed by atoms with van der Waals surface area (Å²) in [6.07, 6.45) is 13.2. The number of benzene rings is 1. The van der Waals surface area contributed by atoms with Gasteiger partial charge in [0.1, 0.15) is 0 Å². The van der Waals surface area contributed by atoms with Gasteiger partial charge in [-0.1, -0.05) is 64.7 Å². The molecule has 2 nitrogen and oxygen atoms in total. The van der Waals surface area contributed by atoms with E-state index >= 15 is 0 Å². The van der Waals surface area contributed by atoms with E-state index in [1.807, 2.05) is 6.92 Å². The average Bonchev–Trinajstić information content (AvgIpc) is 2.59. The van der Waals surface area contributed by atoms with E-state index in [0.29, 0.717) is 0 Å². The van der Waals surface area contributed by atoms with Crippen molar-refractivity contribution in [3.63, 3.8) is 0 Å². The van der Waals surface area contributed by atoms with Gasteiger partial charge in [0, 0.05) is 0 Å². The van der Waals surface area contributed by atoms with Crippen LogP contribution in [0, 0.1) is 11.6 Å². The molecular weight excluding hydrogens is 322 g/mol. The lowest BCUT2D eigenvalue weighted by atomic mass is 10.0. The van der Waals surface area contributed by atoms with Crippen molar-refractivity contribution in [1.82, 2.24) is 0 Å². The summed E-state index contributed by atoms with van der Waals surface area (Å²) < 4.78 is 31.3. The van der Waals surface area contributed by atoms with Crippen LogP contribution in [0.1, 0.15) is 94.8 Å². The Morgan fingerprint density at radius 2 is 1.48 bits per heavy atom. The molecule has 1 rings (SSSR count). The third kappa shape index (κ3) is 9.57. The first-order valence-corrected chi connectivity index (χ1v) is 9.70. The van der Waals surface area contributed by atoms with Crippen LogP contribution in [-0.4, -0.2) is 12.1 Å². The number of hydrogen-bond donors (Lipinski definition) is 0. The molecule has 1 aromatic carbocycles. The number of hydrogen-bond acceptors (Lipinski definition) is 2. The van der Waals surface area contributed by atoms with E-state index in [1.54, 1.807) is 0 Å². The topological polar surface area (TPSA) is 26.3 Å². The standard InChI is InChI=1S/C21H32F2O2/c1-3-4-5-6-7-8-9-10-11-12-13-17(2)25-21(24)18-14-15-19(22)20(23)16-18/h14-17H,3-13H2,1-2H3. The Bertz CT molecular complexity index is 503. The molecule has 0 heterocycles. The molecule has 1 aromatic rings. The Hall–Kier alpha value is -1.45. The van der Waals surface area contributed by atoms with Crippen molar-refractivity contribution in [2.75, 3.05) is 0 Å². The zero-order valence-electron chi connectivity index (χ0n) is 15.7. The number of carbonyl (C=O) groups is 1. The summed E-state index contributed by atoms with van der Waals surface area (Å²) in [4.78, 5) is 11.9. The summed E-state index contributed by atoms with van der Waals surface area (Å²) in [6, 6.07) is 3.07. The van der Waals surface area contributed by atoms with Crippen LogP contribution in [0.25, 0.3) is 0 Å². The van der Waals surface area contributed by atoms with E-state index in [1.165, 1.54) is 57.4 Å². The summed E-state index contributed by atoms with van der Waals surface area (Å²) in [7, 11) is 0. The van der Waals surface area contributed by atoms with Crippen LogP contribution in [0.15, 0.2) is 18.2 Å². The van der Waals surface area contributed by atoms with E-state index in [0.717, 1.165) is 31.4 Å². The predicted octanol–water partition coefficient (Wildman–Crippen LogP) is 6.82. The number of carbonyl (C=O) groups excluding carboxylic acids is 1. The molecule has 0 aliphatic heterocycles. The van der Waals surface area contributed by atoms with Crippen LogP contribution in [0.4, 0.5) is 8.78 Å². The third-order valence-corrected chi connectivity index (χ3v) is 4.43. The summed E-state index contributed by atoms with van der Waals surface area (Å²) >= 11 is 0. The van der Waals surface area contributed by atoms with Crippen molar-refractivity contribution in [3.05, 3.63) is 35.4 Å². The van der Waals surface area contributed by atoms with Crippen molar-refractivity contribution in [3.8, 4) is 0 Å². The first-order chi connectivity index (χ1) is 12.0. The monoisotopic (exact) mass is 354 g/mol. The van der Waals surface area contributed by atoms with Gasteiger partial charge in [0.25, 0.3) is 0 Å². The maximum absolute atomic E-state index is 13.1. The van der Waals surface area contributed by atoms with Crippen LogP contribution in [0.3, 0.4) is 0 Å². The van der Waals surface area contributed by atoms with Crippen molar-refractivity contribution < 1.29 is 18.3 Å². The Morgan fingerprint density at radius 3 is 2.04 bits per heavy atom. The van der Waals surface area contributed by atoms with Gasteiger partial charge in [-0.2, -0.15) is 0 Å². The van der Waals surface area contributed by atoms with Gasteiger partial charge in [-0.3, -0.25) is 0 Å². The summed E-state index contributed by atoms with van der Waals surface area (Å²) in [5.41, 5.74) is 0.0498. The van der Waals surface area contributed by atoms with E-state index in [4.69, 9.17) is 4.74 Å². The van der Waals surface area contributed by atoms with E-state index in [9.17, 15) is 13.6 Å². The fourth-order valence-electron chi connectivity index (χ4n) is 2.85. The van der Waals surface area contributed by atoms with Gasteiger partial charge in [-0.25, -0.2) is 13.6 Å². The van der Waals surface area contributed by atoms with Crippen molar-refractivity contribution in [1.29, 1.82) is 0 Å². The smallest absolute Gasteiger partial charge is 0.338 e. The quantitative estimate of drug-likeness (QED) is 0.287. The molecule has 0 aromatic heterocycles. The molecule has 0 saturated heterocycles. The fourth-order valence-corrected chi connectivity index (χ4v) is 2.85. The SMILES string of the molecule is CCCCCCCCCCCCC(C)OC(=O)c1ccc(F)c(F)c1. The third-order valence-electron chi connectivity index (χ3n) is 4.43. The molecule has 142 valence electrons. The molecule has 0 bridgehead atoms. The second-order valence-corrected chi connectivity index (χ2v) is 6.82. The lowest BCUT2D eigenvalue weighted by molar-refractivity contribution is 0.0318. The van der Waals surface area contributed by atoms with Crippen LogP contribution < -0.4 is 0 Å². The minimum atomic E-state index is -1.03. The molecule has 4 heteroatoms. The number of rotatable bonds is 13. The average molecular weight is 354 g/mol. The minimum absolute atomic E-state index is 0.0498. The van der Waals surface area contributed by atoms with E-state index < -0.39 is 17.6 Å². The molecule has 1 unspecified atom stereocenters. The zero-order valence-corrected chi connectivity index (χ0v) is 15.7. The van der Waals surface area contributed by atoms with E-state index in [-0.39, 0.29) is 11.7 Å². The molecule has 0 saturated carbocycles. The van der Waals surface area contributed by atoms with E-state index in [2.05, 4.69) is 6.92 Å². The largest absolute Gasteiger partial charge is 0.459 e. The lowest BCUT2D eigenvalue weighted by Crippen LogP contribution is -2.15. The zero-order chi connectivity index (χ0) is 18.5. The van der Waals surface area contributed by atoms with Crippen molar-refractivity contribution in [2.45, 2.75) is 90.6 Å². The molecule has 0 radical (unpaired) electrons. The first kappa shape index (κ1) is 21.6. The highest BCUT2D eigenvalue weighted by Crippen LogP contribution is 2.15. The Kier molecular flexibility index (Phi) is 11.1. The van der Waals surface area contributed by atoms with Gasteiger partial charge in [-0.15, -0.1) is 0 Å². The fraction of sp³-hybridized carbons (Fsp3) is 0.667. The van der Waals surface area contributed by atoms with Gasteiger partial charge in [0.15, 0.2) is 11.6 Å². The maximum atomic E-state index is 13.1. The molecule has 0 amide bonds. The first-order valence-electron chi connectivity index (χ1n) is 9.70. The second kappa shape index (κ2) is 12.8. The van der Waals surface area contributed by atoms with Crippen molar-refractivity contribution >= 4 is 5.97 Å². The van der Waals surface area contributed by atoms with Crippen LogP contribution in [-0.2, 0) is 4.74 Å². The Morgan fingerprint density at radius 1 is 0.920 bits per heavy atom. The summed E-state index contributed by atoms with van der Waals surface area (Å²) in [6.45, 7) is 4.07. The Labute approximate surface area is 151 Å². The molecule has 1 atom stereocenters. The van der Waals surface area contributed by atoms with Gasteiger partial charge in [0.05, 0.1) is 11.7 Å². The molecule has 0 aliphatic rings. The van der Waals surface area contributed by atoms with Gasteiger partial charge < -0.3 is 4.74 Å². The number of halogens is 2. The molecule has 0 fully saturated rings. The minimum Gasteiger partial charge on any atom is -0.459 e. The Balaban J connectivity index is 2.07. The summed E-state index contributed by atoms with van der Waals surface area (Å²) in [5.74, 6) is -2.59. The van der Waals surface area contributed by atoms with Gasteiger partial charge in [0.2, 0.25) is 0 Å². The van der Waals surface area contributed by atoms with Gasteiger partial charge in [-0.05, 0) is 38.0 Å². The lowest BCUT2D eigenvalue weighted by Gasteiger charge is -2.13. The van der Waals surface area contributed by atoms with Crippen molar-refractivity contribution in [2.24, 2.45) is 0 Å². The highest BCUT2D eigenvalue weighted by Gasteiger charge is 2.14. The molecule has 0 N–H and O–H groups in total. The van der Waals surface area contributed by atoms with Crippen LogP contribution in [0.5, 0.6) is 0 Å². The summed E-state index contributed by atoms with van der Waals surface area (Å²) in [5, 5.41) is 0. The maximum Gasteiger partial charge on any atom is 0.338 e. The predicted molar refractivity (Wildman–Crippen MR) is 97.7 cm³/mol. The van der Waals surface area contributed by atoms with Crippen LogP contribution in [0.2, 0.25) is 0 Å². The second-order valence-electron chi connectivity index (χ2n) is 6.82. The van der Waals surface area contributed by atoms with Gasteiger partial charge >= 0.3 is 5.97 Å². The molecule has 0 spiro atoms. The molecule has 0 aliphatic carbocycles. The number of esters is 1. The molecular formula is C21H32F2O2. The number of ether oxygens (including phenoxy) is 1. The highest BCUT2D eigenvalue weighted by molar-refractivity contribution is 5.89.